The van der Waals surface area contributed by atoms with Crippen molar-refractivity contribution < 1.29 is 19.2 Å². The Labute approximate surface area is 204 Å². The Morgan fingerprint density at radius 2 is 1.88 bits per heavy atom. The van der Waals surface area contributed by atoms with E-state index in [4.69, 9.17) is 16.0 Å². The Balaban J connectivity index is 1.58. The molecule has 1 aromatic heterocycles. The molecule has 1 aliphatic heterocycles. The van der Waals surface area contributed by atoms with Crippen LogP contribution in [0.5, 0.6) is 0 Å². The number of nitro benzene ring substituents is 1. The fourth-order valence-corrected chi connectivity index (χ4v) is 4.23. The van der Waals surface area contributed by atoms with Gasteiger partial charge in [0.15, 0.2) is 0 Å². The molecule has 1 saturated heterocycles. The molecule has 0 amide bonds. The summed E-state index contributed by atoms with van der Waals surface area (Å²) < 4.78 is 5.57. The van der Waals surface area contributed by atoms with Gasteiger partial charge in [-0.1, -0.05) is 17.7 Å². The van der Waals surface area contributed by atoms with E-state index in [1.165, 1.54) is 12.1 Å². The van der Waals surface area contributed by atoms with Crippen LogP contribution >= 0.6 is 23.4 Å². The van der Waals surface area contributed by atoms with Crippen molar-refractivity contribution >= 4 is 46.8 Å². The van der Waals surface area contributed by atoms with Crippen LogP contribution in [0.3, 0.4) is 0 Å². The van der Waals surface area contributed by atoms with Crippen LogP contribution in [0.25, 0.3) is 17.5 Å². The third-order valence-electron chi connectivity index (χ3n) is 5.24. The average Bonchev–Trinajstić information content (AvgIpc) is 3.28. The maximum absolute atomic E-state index is 11.8. The quantitative estimate of drug-likeness (QED) is 0.217. The number of carbonyl (C=O) groups is 1. The molecule has 4 rings (SSSR count). The average molecular weight is 502 g/mol. The largest absolute Gasteiger partial charge is 0.477 e. The molecule has 0 atom stereocenters. The van der Waals surface area contributed by atoms with Crippen LogP contribution in [0.2, 0.25) is 5.02 Å². The zero-order valence-corrected chi connectivity index (χ0v) is 19.6. The van der Waals surface area contributed by atoms with Crippen molar-refractivity contribution in [2.24, 2.45) is 0 Å². The van der Waals surface area contributed by atoms with Crippen molar-refractivity contribution in [2.75, 3.05) is 38.1 Å². The minimum absolute atomic E-state index is 0.0298. The number of halogens is 1. The Bertz CT molecular complexity index is 1240. The van der Waals surface area contributed by atoms with Crippen LogP contribution in [0.15, 0.2) is 57.0 Å². The number of aliphatic carboxylic acids is 1. The highest BCUT2D eigenvalue weighted by molar-refractivity contribution is 8.03. The van der Waals surface area contributed by atoms with Crippen molar-refractivity contribution in [1.82, 2.24) is 15.1 Å². The van der Waals surface area contributed by atoms with E-state index in [0.29, 0.717) is 34.9 Å². The van der Waals surface area contributed by atoms with Gasteiger partial charge in [-0.15, -0.1) is 10.2 Å². The van der Waals surface area contributed by atoms with E-state index in [1.807, 2.05) is 11.9 Å². The molecule has 1 N–H and O–H groups in total. The first-order valence-electron chi connectivity index (χ1n) is 10.2. The van der Waals surface area contributed by atoms with Crippen molar-refractivity contribution in [3.8, 4) is 11.5 Å². The van der Waals surface area contributed by atoms with E-state index in [9.17, 15) is 20.0 Å². The molecule has 0 bridgehead atoms. The van der Waals surface area contributed by atoms with Gasteiger partial charge in [0.05, 0.1) is 4.92 Å². The summed E-state index contributed by atoms with van der Waals surface area (Å²) in [5, 5.41) is 29.8. The highest BCUT2D eigenvalue weighted by Gasteiger charge is 2.23. The number of piperazine rings is 1. The second kappa shape index (κ2) is 10.2. The van der Waals surface area contributed by atoms with Crippen LogP contribution in [0.4, 0.5) is 11.4 Å². The smallest absolute Gasteiger partial charge is 0.342 e. The number of hydrogen-bond donors (Lipinski definition) is 1. The molecule has 1 aliphatic rings. The summed E-state index contributed by atoms with van der Waals surface area (Å²) in [6.45, 7) is 2.97. The molecule has 0 spiro atoms. The number of benzene rings is 2. The van der Waals surface area contributed by atoms with Gasteiger partial charge in [0.2, 0.25) is 5.89 Å². The van der Waals surface area contributed by atoms with Gasteiger partial charge in [0, 0.05) is 42.8 Å². The number of aromatic nitrogens is 2. The van der Waals surface area contributed by atoms with Gasteiger partial charge in [0.25, 0.3) is 10.9 Å². The molecule has 0 unspecified atom stereocenters. The molecule has 0 saturated carbocycles. The van der Waals surface area contributed by atoms with Gasteiger partial charge >= 0.3 is 5.97 Å². The van der Waals surface area contributed by atoms with Crippen molar-refractivity contribution in [2.45, 2.75) is 5.22 Å². The Kier molecular flexibility index (Phi) is 7.15. The summed E-state index contributed by atoms with van der Waals surface area (Å²) in [7, 11) is 2.01. The summed E-state index contributed by atoms with van der Waals surface area (Å²) >= 11 is 6.65. The summed E-state index contributed by atoms with van der Waals surface area (Å²) in [6, 6.07) is 11.5. The number of carboxylic acid groups (broad SMARTS) is 1. The highest BCUT2D eigenvalue weighted by atomic mass is 35.5. The lowest BCUT2D eigenvalue weighted by Crippen LogP contribution is -2.44. The van der Waals surface area contributed by atoms with E-state index in [0.717, 1.165) is 24.9 Å². The van der Waals surface area contributed by atoms with Crippen molar-refractivity contribution in [1.29, 1.82) is 0 Å². The molecule has 1 fully saturated rings. The summed E-state index contributed by atoms with van der Waals surface area (Å²) in [5.74, 6) is -1.00. The standard InChI is InChI=1S/C22H20ClN5O5S/c1-26-8-10-27(11-9-26)17-7-2-14(12-18(17)28(31)32)13-19(21(29)30)34-22-25-24-20(33-22)15-3-5-16(23)6-4-15/h2-7,12-13H,8-11H2,1H3,(H,29,30)/b19-13+. The topological polar surface area (TPSA) is 126 Å². The molecule has 12 heteroatoms. The van der Waals surface area contributed by atoms with Gasteiger partial charge in [-0.25, -0.2) is 4.79 Å². The Hall–Kier alpha value is -3.41. The molecule has 10 nitrogen and oxygen atoms in total. The van der Waals surface area contributed by atoms with Crippen LogP contribution in [-0.2, 0) is 4.79 Å². The van der Waals surface area contributed by atoms with E-state index in [1.54, 1.807) is 36.4 Å². The zero-order chi connectivity index (χ0) is 24.2. The molecule has 2 aromatic carbocycles. The summed E-state index contributed by atoms with van der Waals surface area (Å²) in [6.07, 6.45) is 1.35. The molecule has 0 aliphatic carbocycles. The molecular weight excluding hydrogens is 482 g/mol. The third-order valence-corrected chi connectivity index (χ3v) is 6.35. The Morgan fingerprint density at radius 1 is 1.18 bits per heavy atom. The first kappa shape index (κ1) is 23.7. The minimum Gasteiger partial charge on any atom is -0.477 e. The predicted octanol–water partition coefficient (Wildman–Crippen LogP) is 4.27. The van der Waals surface area contributed by atoms with Crippen molar-refractivity contribution in [3.05, 3.63) is 68.1 Å². The number of thioether (sulfide) groups is 1. The third kappa shape index (κ3) is 5.56. The van der Waals surface area contributed by atoms with Crippen LogP contribution < -0.4 is 4.90 Å². The number of likely N-dealkylation sites (N-methyl/N-ethyl adjacent to an activating group) is 1. The van der Waals surface area contributed by atoms with Gasteiger partial charge in [-0.2, -0.15) is 0 Å². The normalized spacial score (nSPS) is 14.9. The van der Waals surface area contributed by atoms with Gasteiger partial charge in [-0.05, 0) is 60.8 Å². The molecule has 176 valence electrons. The highest BCUT2D eigenvalue weighted by Crippen LogP contribution is 2.34. The fraction of sp³-hybridized carbons (Fsp3) is 0.227. The SMILES string of the molecule is CN1CCN(c2ccc(/C=C(/Sc3nnc(-c4ccc(Cl)cc4)o3)C(=O)O)cc2[N+](=O)[O-])CC1. The second-order valence-corrected chi connectivity index (χ2v) is 9.02. The number of nitrogens with zero attached hydrogens (tertiary/aromatic N) is 5. The van der Waals surface area contributed by atoms with Crippen molar-refractivity contribution in [3.63, 3.8) is 0 Å². The van der Waals surface area contributed by atoms with Gasteiger partial charge in [-0.3, -0.25) is 10.1 Å². The second-order valence-electron chi connectivity index (χ2n) is 7.59. The lowest BCUT2D eigenvalue weighted by atomic mass is 10.1. The maximum Gasteiger partial charge on any atom is 0.342 e. The number of rotatable bonds is 7. The Morgan fingerprint density at radius 3 is 2.53 bits per heavy atom. The molecule has 34 heavy (non-hydrogen) atoms. The van der Waals surface area contributed by atoms with E-state index < -0.39 is 10.9 Å². The van der Waals surface area contributed by atoms with E-state index >= 15 is 0 Å². The lowest BCUT2D eigenvalue weighted by molar-refractivity contribution is -0.384. The number of carboxylic acids is 1. The van der Waals surface area contributed by atoms with E-state index in [2.05, 4.69) is 15.1 Å². The summed E-state index contributed by atoms with van der Waals surface area (Å²) in [5.41, 5.74) is 1.46. The number of nitro groups is 1. The predicted molar refractivity (Wildman–Crippen MR) is 129 cm³/mol. The van der Waals surface area contributed by atoms with E-state index in [-0.39, 0.29) is 21.7 Å². The summed E-state index contributed by atoms with van der Waals surface area (Å²) in [4.78, 5) is 27.1. The van der Waals surface area contributed by atoms with Crippen LogP contribution in [0, 0.1) is 10.1 Å². The molecule has 0 radical (unpaired) electrons. The van der Waals surface area contributed by atoms with Crippen LogP contribution in [-0.4, -0.2) is 64.3 Å². The minimum atomic E-state index is -1.22. The molecular formula is C22H20ClN5O5S. The number of anilines is 1. The number of hydrogen-bond acceptors (Lipinski definition) is 9. The van der Waals surface area contributed by atoms with Gasteiger partial charge < -0.3 is 19.3 Å². The zero-order valence-electron chi connectivity index (χ0n) is 18.0. The monoisotopic (exact) mass is 501 g/mol. The van der Waals surface area contributed by atoms with Gasteiger partial charge in [0.1, 0.15) is 10.6 Å². The maximum atomic E-state index is 11.8. The lowest BCUT2D eigenvalue weighted by Gasteiger charge is -2.33. The first-order valence-corrected chi connectivity index (χ1v) is 11.4. The molecule has 3 aromatic rings. The fourth-order valence-electron chi connectivity index (χ4n) is 3.43. The first-order chi connectivity index (χ1) is 16.3. The van der Waals surface area contributed by atoms with Crippen LogP contribution in [0.1, 0.15) is 5.56 Å². The molecule has 2 heterocycles.